The van der Waals surface area contributed by atoms with Gasteiger partial charge in [0.25, 0.3) is 0 Å². The second-order valence-electron chi connectivity index (χ2n) is 8.22. The Labute approximate surface area is 169 Å². The quantitative estimate of drug-likeness (QED) is 0.661. The normalized spacial score (nSPS) is 22.1. The molecule has 1 aromatic rings. The van der Waals surface area contributed by atoms with Gasteiger partial charge >= 0.3 is 0 Å². The van der Waals surface area contributed by atoms with Crippen LogP contribution in [-0.2, 0) is 14.8 Å². The number of benzene rings is 1. The van der Waals surface area contributed by atoms with Gasteiger partial charge in [0.05, 0.1) is 30.4 Å². The number of carbonyl (C=O) groups is 1. The molecule has 1 aromatic carbocycles. The number of sulfonamides is 1. The Hall–Kier alpha value is -1.44. The molecular formula is C21H34N3O3S+. The molecule has 6 nitrogen and oxygen atoms in total. The number of carbonyl (C=O) groups excluding carboxylic acids is 1. The highest BCUT2D eigenvalue weighted by Gasteiger charge is 2.33. The lowest BCUT2D eigenvalue weighted by Crippen LogP contribution is -3.12. The molecule has 1 atom stereocenters. The monoisotopic (exact) mass is 408 g/mol. The lowest BCUT2D eigenvalue weighted by Gasteiger charge is -2.31. The fourth-order valence-corrected chi connectivity index (χ4v) is 5.75. The van der Waals surface area contributed by atoms with Crippen LogP contribution in [0.25, 0.3) is 0 Å². The fourth-order valence-electron chi connectivity index (χ4n) is 4.23. The molecule has 7 heteroatoms. The minimum atomic E-state index is -3.53. The van der Waals surface area contributed by atoms with Gasteiger partial charge in [-0.05, 0) is 51.2 Å². The first-order valence-corrected chi connectivity index (χ1v) is 12.1. The summed E-state index contributed by atoms with van der Waals surface area (Å²) >= 11 is 0. The van der Waals surface area contributed by atoms with E-state index in [0.29, 0.717) is 18.0 Å². The highest BCUT2D eigenvalue weighted by molar-refractivity contribution is 7.89. The topological polar surface area (TPSA) is 70.9 Å². The van der Waals surface area contributed by atoms with Gasteiger partial charge in [-0.1, -0.05) is 17.7 Å². The van der Waals surface area contributed by atoms with Crippen LogP contribution in [0, 0.1) is 12.8 Å². The van der Waals surface area contributed by atoms with E-state index >= 15 is 0 Å². The van der Waals surface area contributed by atoms with Gasteiger partial charge in [-0.15, -0.1) is 0 Å². The van der Waals surface area contributed by atoms with Gasteiger partial charge in [0.1, 0.15) is 0 Å². The van der Waals surface area contributed by atoms with Crippen LogP contribution in [-0.4, -0.2) is 57.9 Å². The number of hydrogen-bond donors (Lipinski definition) is 2. The molecule has 3 rings (SSSR count). The summed E-state index contributed by atoms with van der Waals surface area (Å²) in [7, 11) is -3.53. The van der Waals surface area contributed by atoms with Gasteiger partial charge in [0, 0.05) is 26.1 Å². The third kappa shape index (κ3) is 5.55. The van der Waals surface area contributed by atoms with E-state index in [1.165, 1.54) is 36.7 Å². The predicted molar refractivity (Wildman–Crippen MR) is 110 cm³/mol. The summed E-state index contributed by atoms with van der Waals surface area (Å²) in [6.07, 6.45) is 6.44. The van der Waals surface area contributed by atoms with Crippen LogP contribution in [0.4, 0.5) is 0 Å². The number of piperidine rings is 2. The third-order valence-electron chi connectivity index (χ3n) is 5.98. The van der Waals surface area contributed by atoms with E-state index in [2.05, 4.69) is 5.32 Å². The van der Waals surface area contributed by atoms with Crippen molar-refractivity contribution in [3.05, 3.63) is 29.8 Å². The number of nitrogens with one attached hydrogen (secondary N) is 2. The molecular weight excluding hydrogens is 374 g/mol. The van der Waals surface area contributed by atoms with Gasteiger partial charge in [0.2, 0.25) is 15.9 Å². The number of hydrogen-bond acceptors (Lipinski definition) is 3. The number of nitrogens with zero attached hydrogens (tertiary/aromatic N) is 1. The van der Waals surface area contributed by atoms with E-state index in [1.54, 1.807) is 17.0 Å². The van der Waals surface area contributed by atoms with Crippen molar-refractivity contribution in [1.29, 1.82) is 0 Å². The zero-order valence-corrected chi connectivity index (χ0v) is 17.8. The molecule has 0 bridgehead atoms. The zero-order chi connectivity index (χ0) is 20.0. The molecule has 0 aliphatic carbocycles. The first-order valence-electron chi connectivity index (χ1n) is 10.6. The van der Waals surface area contributed by atoms with E-state index in [9.17, 15) is 13.2 Å². The Morgan fingerprint density at radius 1 is 1.14 bits per heavy atom. The molecule has 2 aliphatic rings. The fraction of sp³-hybridized carbons (Fsp3) is 0.667. The summed E-state index contributed by atoms with van der Waals surface area (Å²) < 4.78 is 27.3. The molecule has 0 aromatic heterocycles. The minimum absolute atomic E-state index is 0.00236. The van der Waals surface area contributed by atoms with Crippen molar-refractivity contribution in [3.8, 4) is 0 Å². The molecule has 28 heavy (non-hydrogen) atoms. The Morgan fingerprint density at radius 2 is 1.86 bits per heavy atom. The van der Waals surface area contributed by atoms with E-state index in [4.69, 9.17) is 0 Å². The first-order chi connectivity index (χ1) is 13.5. The highest BCUT2D eigenvalue weighted by Crippen LogP contribution is 2.24. The van der Waals surface area contributed by atoms with E-state index in [-0.39, 0.29) is 18.4 Å². The zero-order valence-electron chi connectivity index (χ0n) is 17.0. The van der Waals surface area contributed by atoms with Crippen LogP contribution in [0.3, 0.4) is 0 Å². The number of amides is 1. The molecule has 156 valence electrons. The van der Waals surface area contributed by atoms with Gasteiger partial charge in [-0.3, -0.25) is 4.79 Å². The van der Waals surface area contributed by atoms with Crippen LogP contribution in [0.1, 0.15) is 44.1 Å². The van der Waals surface area contributed by atoms with Crippen molar-refractivity contribution in [2.24, 2.45) is 5.92 Å². The maximum absolute atomic E-state index is 12.9. The summed E-state index contributed by atoms with van der Waals surface area (Å²) in [6, 6.07) is 6.92. The first kappa shape index (κ1) is 21.3. The number of rotatable bonds is 7. The molecule has 1 unspecified atom stereocenters. The van der Waals surface area contributed by atoms with Crippen molar-refractivity contribution in [2.45, 2.75) is 50.3 Å². The maximum Gasteiger partial charge on any atom is 0.243 e. The lowest BCUT2D eigenvalue weighted by molar-refractivity contribution is -0.904. The molecule has 0 spiro atoms. The third-order valence-corrected chi connectivity index (χ3v) is 7.86. The molecule has 0 radical (unpaired) electrons. The second-order valence-corrected chi connectivity index (χ2v) is 10.2. The van der Waals surface area contributed by atoms with Crippen LogP contribution in [0.5, 0.6) is 0 Å². The van der Waals surface area contributed by atoms with Crippen LogP contribution >= 0.6 is 0 Å². The molecule has 2 aliphatic heterocycles. The second kappa shape index (κ2) is 9.85. The molecule has 2 fully saturated rings. The van der Waals surface area contributed by atoms with Gasteiger partial charge in [0.15, 0.2) is 0 Å². The molecule has 1 amide bonds. The van der Waals surface area contributed by atoms with E-state index in [0.717, 1.165) is 31.4 Å². The average Bonchev–Trinajstić information content (AvgIpc) is 2.72. The maximum atomic E-state index is 12.9. The van der Waals surface area contributed by atoms with Crippen LogP contribution < -0.4 is 10.2 Å². The van der Waals surface area contributed by atoms with Gasteiger partial charge in [-0.25, -0.2) is 8.42 Å². The summed E-state index contributed by atoms with van der Waals surface area (Å²) in [5.74, 6) is -0.256. The van der Waals surface area contributed by atoms with E-state index < -0.39 is 10.0 Å². The minimum Gasteiger partial charge on any atom is -0.356 e. The van der Waals surface area contributed by atoms with Crippen molar-refractivity contribution in [2.75, 3.05) is 39.3 Å². The number of quaternary nitrogens is 1. The Morgan fingerprint density at radius 3 is 2.57 bits per heavy atom. The summed E-state index contributed by atoms with van der Waals surface area (Å²) in [5.41, 5.74) is 1.03. The SMILES string of the molecule is Cc1ccc(S(=O)(=O)N2CCCC(C(=O)NCCC[NH+]3CCCCC3)C2)cc1. The molecule has 2 saturated heterocycles. The standard InChI is InChI=1S/C21H33N3O3S/c1-18-8-10-20(11-9-18)28(26,27)24-16-5-7-19(17-24)21(25)22-12-6-15-23-13-3-2-4-14-23/h8-11,19H,2-7,12-17H2,1H3,(H,22,25)/p+1. The summed E-state index contributed by atoms with van der Waals surface area (Å²) in [6.45, 7) is 7.00. The molecule has 2 N–H and O–H groups in total. The van der Waals surface area contributed by atoms with Crippen LogP contribution in [0.15, 0.2) is 29.2 Å². The van der Waals surface area contributed by atoms with Crippen molar-refractivity contribution in [3.63, 3.8) is 0 Å². The van der Waals surface area contributed by atoms with E-state index in [1.807, 2.05) is 19.1 Å². The Bertz CT molecular complexity index is 743. The average molecular weight is 409 g/mol. The number of aryl methyl sites for hydroxylation is 1. The molecule has 0 saturated carbocycles. The number of likely N-dealkylation sites (tertiary alicyclic amines) is 1. The van der Waals surface area contributed by atoms with Crippen LogP contribution in [0.2, 0.25) is 0 Å². The summed E-state index contributed by atoms with van der Waals surface area (Å²) in [5, 5.41) is 3.04. The predicted octanol–water partition coefficient (Wildman–Crippen LogP) is 0.971. The lowest BCUT2D eigenvalue weighted by atomic mass is 9.99. The smallest absolute Gasteiger partial charge is 0.243 e. The van der Waals surface area contributed by atoms with Crippen molar-refractivity contribution < 1.29 is 18.1 Å². The van der Waals surface area contributed by atoms with Gasteiger partial charge < -0.3 is 10.2 Å². The van der Waals surface area contributed by atoms with Crippen molar-refractivity contribution in [1.82, 2.24) is 9.62 Å². The summed E-state index contributed by atoms with van der Waals surface area (Å²) in [4.78, 5) is 14.5. The largest absolute Gasteiger partial charge is 0.356 e. The highest BCUT2D eigenvalue weighted by atomic mass is 32.2. The van der Waals surface area contributed by atoms with Crippen molar-refractivity contribution >= 4 is 15.9 Å². The Kier molecular flexibility index (Phi) is 7.48. The Balaban J connectivity index is 1.48. The van der Waals surface area contributed by atoms with Gasteiger partial charge in [-0.2, -0.15) is 4.31 Å². The molecule has 2 heterocycles.